The van der Waals surface area contributed by atoms with Gasteiger partial charge in [0.15, 0.2) is 0 Å². The summed E-state index contributed by atoms with van der Waals surface area (Å²) in [6.45, 7) is 1.59. The lowest BCUT2D eigenvalue weighted by molar-refractivity contribution is -0.145. The predicted octanol–water partition coefficient (Wildman–Crippen LogP) is 0.290. The lowest BCUT2D eigenvalue weighted by atomic mass is 9.80. The number of aliphatic hydroxyl groups excluding tert-OH is 1. The Labute approximate surface area is 101 Å². The van der Waals surface area contributed by atoms with Gasteiger partial charge in [-0.05, 0) is 25.7 Å². The maximum Gasteiger partial charge on any atom is 0.243 e. The average Bonchev–Trinajstić information content (AvgIpc) is 2.86. The molecule has 0 aromatic heterocycles. The van der Waals surface area contributed by atoms with Crippen LogP contribution in [0.15, 0.2) is 0 Å². The number of aliphatic hydroxyl groups is 1. The van der Waals surface area contributed by atoms with Crippen LogP contribution in [0.4, 0.5) is 0 Å². The summed E-state index contributed by atoms with van der Waals surface area (Å²) in [6.07, 6.45) is 2.68. The maximum absolute atomic E-state index is 12.5. The molecule has 0 spiro atoms. The van der Waals surface area contributed by atoms with Gasteiger partial charge in [0, 0.05) is 19.8 Å². The number of ether oxygens (including phenoxy) is 1. The van der Waals surface area contributed by atoms with Gasteiger partial charge < -0.3 is 14.7 Å². The van der Waals surface area contributed by atoms with E-state index in [9.17, 15) is 15.2 Å². The largest absolute Gasteiger partial charge is 0.394 e. The van der Waals surface area contributed by atoms with Crippen molar-refractivity contribution in [3.05, 3.63) is 0 Å². The van der Waals surface area contributed by atoms with Crippen molar-refractivity contribution in [2.45, 2.75) is 31.7 Å². The second-order valence-electron chi connectivity index (χ2n) is 4.78. The van der Waals surface area contributed by atoms with E-state index in [4.69, 9.17) is 4.74 Å². The highest BCUT2D eigenvalue weighted by molar-refractivity contribution is 5.86. The second-order valence-corrected chi connectivity index (χ2v) is 4.78. The first-order chi connectivity index (χ1) is 8.23. The zero-order valence-electron chi connectivity index (χ0n) is 9.89. The first-order valence-electron chi connectivity index (χ1n) is 6.14. The van der Waals surface area contributed by atoms with Crippen LogP contribution in [-0.2, 0) is 9.53 Å². The molecule has 17 heavy (non-hydrogen) atoms. The average molecular weight is 238 g/mol. The van der Waals surface area contributed by atoms with E-state index in [1.807, 2.05) is 0 Å². The Morgan fingerprint density at radius 2 is 2.24 bits per heavy atom. The Bertz CT molecular complexity index is 331. The van der Waals surface area contributed by atoms with Crippen LogP contribution in [0.2, 0.25) is 0 Å². The number of carbonyl (C=O) groups is 1. The topological polar surface area (TPSA) is 73.6 Å². The van der Waals surface area contributed by atoms with Crippen molar-refractivity contribution < 1.29 is 14.6 Å². The highest BCUT2D eigenvalue weighted by atomic mass is 16.5. The molecule has 0 saturated carbocycles. The second kappa shape index (κ2) is 5.03. The van der Waals surface area contributed by atoms with Gasteiger partial charge >= 0.3 is 0 Å². The van der Waals surface area contributed by atoms with Crippen molar-refractivity contribution >= 4 is 5.91 Å². The summed E-state index contributed by atoms with van der Waals surface area (Å²) in [5.74, 6) is -0.111. The lowest BCUT2D eigenvalue weighted by Gasteiger charge is -2.35. The summed E-state index contributed by atoms with van der Waals surface area (Å²) in [6, 6.07) is 2.08. The molecule has 0 bridgehead atoms. The Morgan fingerprint density at radius 1 is 1.53 bits per heavy atom. The monoisotopic (exact) mass is 238 g/mol. The minimum Gasteiger partial charge on any atom is -0.394 e. The Kier molecular flexibility index (Phi) is 3.65. The standard InChI is InChI=1S/C12H18N2O3/c13-9-12(3-6-17-7-4-12)11(16)14-5-1-2-10(14)8-15/h10,15H,1-8H2. The molecule has 2 heterocycles. The molecule has 0 radical (unpaired) electrons. The van der Waals surface area contributed by atoms with E-state index in [2.05, 4.69) is 6.07 Å². The number of nitriles is 1. The van der Waals surface area contributed by atoms with Gasteiger partial charge in [-0.15, -0.1) is 0 Å². The van der Waals surface area contributed by atoms with Gasteiger partial charge in [0.05, 0.1) is 18.7 Å². The fraction of sp³-hybridized carbons (Fsp3) is 0.833. The van der Waals surface area contributed by atoms with E-state index in [1.165, 1.54) is 0 Å². The molecule has 1 amide bonds. The van der Waals surface area contributed by atoms with E-state index in [0.29, 0.717) is 32.6 Å². The normalized spacial score (nSPS) is 27.8. The van der Waals surface area contributed by atoms with Crippen molar-refractivity contribution in [2.75, 3.05) is 26.4 Å². The third-order valence-electron chi connectivity index (χ3n) is 3.82. The molecule has 1 N–H and O–H groups in total. The molecule has 2 rings (SSSR count). The Balaban J connectivity index is 2.14. The molecule has 2 saturated heterocycles. The minimum atomic E-state index is -0.921. The maximum atomic E-state index is 12.5. The van der Waals surface area contributed by atoms with Gasteiger partial charge in [0.25, 0.3) is 0 Å². The number of nitrogens with zero attached hydrogens (tertiary/aromatic N) is 2. The quantitative estimate of drug-likeness (QED) is 0.750. The summed E-state index contributed by atoms with van der Waals surface area (Å²) in [5, 5.41) is 18.6. The van der Waals surface area contributed by atoms with Gasteiger partial charge in [-0.25, -0.2) is 0 Å². The number of amides is 1. The molecule has 5 nitrogen and oxygen atoms in total. The summed E-state index contributed by atoms with van der Waals surface area (Å²) >= 11 is 0. The van der Waals surface area contributed by atoms with Crippen LogP contribution in [0.25, 0.3) is 0 Å². The first-order valence-corrected chi connectivity index (χ1v) is 6.14. The van der Waals surface area contributed by atoms with E-state index in [0.717, 1.165) is 12.8 Å². The fourth-order valence-corrected chi connectivity index (χ4v) is 2.66. The first kappa shape index (κ1) is 12.3. The van der Waals surface area contributed by atoms with Gasteiger partial charge in [-0.1, -0.05) is 0 Å². The zero-order valence-corrected chi connectivity index (χ0v) is 9.89. The number of hydrogen-bond donors (Lipinski definition) is 1. The highest BCUT2D eigenvalue weighted by Gasteiger charge is 2.45. The lowest BCUT2D eigenvalue weighted by Crippen LogP contribution is -2.48. The van der Waals surface area contributed by atoms with Crippen LogP contribution in [0.5, 0.6) is 0 Å². The van der Waals surface area contributed by atoms with Crippen molar-refractivity contribution in [1.82, 2.24) is 4.90 Å². The van der Waals surface area contributed by atoms with Crippen LogP contribution in [-0.4, -0.2) is 48.3 Å². The molecule has 1 atom stereocenters. The third kappa shape index (κ3) is 2.15. The summed E-state index contributed by atoms with van der Waals surface area (Å²) in [4.78, 5) is 14.1. The number of carbonyl (C=O) groups excluding carboxylic acids is 1. The van der Waals surface area contributed by atoms with E-state index < -0.39 is 5.41 Å². The van der Waals surface area contributed by atoms with Gasteiger partial charge in [-0.2, -0.15) is 5.26 Å². The number of rotatable bonds is 2. The fourth-order valence-electron chi connectivity index (χ4n) is 2.66. The highest BCUT2D eigenvalue weighted by Crippen LogP contribution is 2.34. The van der Waals surface area contributed by atoms with Gasteiger partial charge in [0.1, 0.15) is 5.41 Å². The van der Waals surface area contributed by atoms with Crippen molar-refractivity contribution in [2.24, 2.45) is 5.41 Å². The molecule has 0 aromatic carbocycles. The summed E-state index contributed by atoms with van der Waals surface area (Å²) < 4.78 is 5.22. The molecule has 5 heteroatoms. The Morgan fingerprint density at radius 3 is 2.82 bits per heavy atom. The number of hydrogen-bond acceptors (Lipinski definition) is 4. The van der Waals surface area contributed by atoms with Crippen LogP contribution >= 0.6 is 0 Å². The van der Waals surface area contributed by atoms with Crippen LogP contribution in [0, 0.1) is 16.7 Å². The van der Waals surface area contributed by atoms with Crippen molar-refractivity contribution in [1.29, 1.82) is 5.26 Å². The van der Waals surface area contributed by atoms with Crippen LogP contribution < -0.4 is 0 Å². The Hall–Kier alpha value is -1.12. The van der Waals surface area contributed by atoms with Gasteiger partial charge in [-0.3, -0.25) is 4.79 Å². The molecule has 0 aromatic rings. The SMILES string of the molecule is N#CC1(C(=O)N2CCCC2CO)CCOCC1. The van der Waals surface area contributed by atoms with Gasteiger partial charge in [0.2, 0.25) is 5.91 Å². The molecule has 1 unspecified atom stereocenters. The van der Waals surface area contributed by atoms with E-state index >= 15 is 0 Å². The molecule has 2 aliphatic heterocycles. The molecule has 94 valence electrons. The van der Waals surface area contributed by atoms with E-state index in [1.54, 1.807) is 4.90 Å². The molecular formula is C12H18N2O3. The number of likely N-dealkylation sites (tertiary alicyclic amines) is 1. The van der Waals surface area contributed by atoms with Crippen molar-refractivity contribution in [3.63, 3.8) is 0 Å². The van der Waals surface area contributed by atoms with E-state index in [-0.39, 0.29) is 18.6 Å². The van der Waals surface area contributed by atoms with Crippen LogP contribution in [0.3, 0.4) is 0 Å². The summed E-state index contributed by atoms with van der Waals surface area (Å²) in [5.41, 5.74) is -0.921. The van der Waals surface area contributed by atoms with Crippen LogP contribution in [0.1, 0.15) is 25.7 Å². The summed E-state index contributed by atoms with van der Waals surface area (Å²) in [7, 11) is 0. The minimum absolute atomic E-state index is 0.0102. The molecule has 2 fully saturated rings. The smallest absolute Gasteiger partial charge is 0.243 e. The molecule has 0 aliphatic carbocycles. The van der Waals surface area contributed by atoms with Crippen molar-refractivity contribution in [3.8, 4) is 6.07 Å². The molecule has 2 aliphatic rings. The molecular weight excluding hydrogens is 220 g/mol. The zero-order chi connectivity index (χ0) is 12.3. The predicted molar refractivity (Wildman–Crippen MR) is 59.9 cm³/mol. The third-order valence-corrected chi connectivity index (χ3v) is 3.82.